The van der Waals surface area contributed by atoms with Crippen LogP contribution in [-0.2, 0) is 0 Å². The molecular weight excluding hydrogens is 242 g/mol. The van der Waals surface area contributed by atoms with Gasteiger partial charge in [0.05, 0.1) is 20.3 Å². The van der Waals surface area contributed by atoms with Crippen molar-refractivity contribution in [3.05, 3.63) is 23.8 Å². The molecule has 0 aliphatic rings. The van der Waals surface area contributed by atoms with E-state index in [9.17, 15) is 5.11 Å². The fourth-order valence-electron chi connectivity index (χ4n) is 1.79. The van der Waals surface area contributed by atoms with E-state index in [4.69, 9.17) is 15.2 Å². The van der Waals surface area contributed by atoms with E-state index in [1.54, 1.807) is 26.4 Å². The first-order chi connectivity index (χ1) is 8.79. The first kappa shape index (κ1) is 15.8. The summed E-state index contributed by atoms with van der Waals surface area (Å²) in [6, 6.07) is 5.34. The molecule has 0 radical (unpaired) electrons. The Kier molecular flexibility index (Phi) is 5.20. The molecular formula is C15H25NO3. The number of rotatable bonds is 5. The predicted octanol–water partition coefficient (Wildman–Crippen LogP) is 2.50. The van der Waals surface area contributed by atoms with Gasteiger partial charge < -0.3 is 20.3 Å². The molecule has 0 fully saturated rings. The van der Waals surface area contributed by atoms with Crippen LogP contribution in [0.1, 0.15) is 38.9 Å². The fourth-order valence-corrected chi connectivity index (χ4v) is 1.79. The van der Waals surface area contributed by atoms with Crippen molar-refractivity contribution in [2.45, 2.75) is 39.3 Å². The summed E-state index contributed by atoms with van der Waals surface area (Å²) in [7, 11) is 3.17. The van der Waals surface area contributed by atoms with E-state index >= 15 is 0 Å². The van der Waals surface area contributed by atoms with Crippen LogP contribution in [0.15, 0.2) is 18.2 Å². The lowest BCUT2D eigenvalue weighted by atomic mass is 9.83. The van der Waals surface area contributed by atoms with Crippen LogP contribution >= 0.6 is 0 Å². The third-order valence-electron chi connectivity index (χ3n) is 3.38. The molecule has 0 spiro atoms. The number of methoxy groups -OCH3 is 2. The van der Waals surface area contributed by atoms with Crippen LogP contribution in [0, 0.1) is 5.41 Å². The summed E-state index contributed by atoms with van der Waals surface area (Å²) in [6.45, 7) is 6.21. The van der Waals surface area contributed by atoms with Crippen LogP contribution in [0.2, 0.25) is 0 Å². The zero-order valence-corrected chi connectivity index (χ0v) is 12.4. The lowest BCUT2D eigenvalue weighted by molar-refractivity contribution is 0.133. The summed E-state index contributed by atoms with van der Waals surface area (Å²) in [4.78, 5) is 0. The summed E-state index contributed by atoms with van der Waals surface area (Å²) >= 11 is 0. The molecule has 0 aliphatic carbocycles. The molecule has 4 heteroatoms. The Morgan fingerprint density at radius 2 is 1.74 bits per heavy atom. The first-order valence-electron chi connectivity index (χ1n) is 6.45. The number of nitrogens with two attached hydrogens (primary N) is 1. The summed E-state index contributed by atoms with van der Waals surface area (Å²) < 4.78 is 10.4. The predicted molar refractivity (Wildman–Crippen MR) is 76.6 cm³/mol. The second-order valence-corrected chi connectivity index (χ2v) is 5.84. The van der Waals surface area contributed by atoms with Gasteiger partial charge in [-0.05, 0) is 29.5 Å². The Morgan fingerprint density at radius 3 is 2.21 bits per heavy atom. The van der Waals surface area contributed by atoms with Crippen molar-refractivity contribution in [3.8, 4) is 11.5 Å². The van der Waals surface area contributed by atoms with Crippen LogP contribution in [0.5, 0.6) is 11.5 Å². The van der Waals surface area contributed by atoms with Crippen LogP contribution in [0.25, 0.3) is 0 Å². The normalized spacial score (nSPS) is 14.9. The van der Waals surface area contributed by atoms with Gasteiger partial charge in [0.25, 0.3) is 0 Å². The van der Waals surface area contributed by atoms with Crippen LogP contribution in [-0.4, -0.2) is 25.4 Å². The zero-order valence-electron chi connectivity index (χ0n) is 12.4. The minimum Gasteiger partial charge on any atom is -0.493 e. The molecule has 108 valence electrons. The van der Waals surface area contributed by atoms with Gasteiger partial charge in [-0.25, -0.2) is 0 Å². The van der Waals surface area contributed by atoms with E-state index < -0.39 is 6.10 Å². The first-order valence-corrected chi connectivity index (χ1v) is 6.45. The third kappa shape index (κ3) is 4.11. The van der Waals surface area contributed by atoms with Crippen molar-refractivity contribution in [2.24, 2.45) is 11.1 Å². The van der Waals surface area contributed by atoms with Crippen LogP contribution in [0.4, 0.5) is 0 Å². The zero-order chi connectivity index (χ0) is 14.6. The SMILES string of the molecule is COc1ccc([C@H](O)C[C@@H](N)C(C)(C)C)cc1OC. The topological polar surface area (TPSA) is 64.7 Å². The number of benzene rings is 1. The quantitative estimate of drug-likeness (QED) is 0.860. The Balaban J connectivity index is 2.85. The second kappa shape index (κ2) is 6.26. The third-order valence-corrected chi connectivity index (χ3v) is 3.38. The number of aliphatic hydroxyl groups is 1. The van der Waals surface area contributed by atoms with E-state index in [2.05, 4.69) is 20.8 Å². The molecule has 0 bridgehead atoms. The molecule has 1 rings (SSSR count). The number of aliphatic hydroxyl groups excluding tert-OH is 1. The van der Waals surface area contributed by atoms with Crippen molar-refractivity contribution < 1.29 is 14.6 Å². The summed E-state index contributed by atoms with van der Waals surface area (Å²) in [5.41, 5.74) is 6.86. The standard InChI is InChI=1S/C15H25NO3/c1-15(2,3)14(16)9-11(17)10-6-7-12(18-4)13(8-10)19-5/h6-8,11,14,17H,9,16H2,1-5H3/t11-,14-/m1/s1. The van der Waals surface area contributed by atoms with Gasteiger partial charge in [0, 0.05) is 6.04 Å². The molecule has 1 aromatic carbocycles. The van der Waals surface area contributed by atoms with Gasteiger partial charge >= 0.3 is 0 Å². The molecule has 19 heavy (non-hydrogen) atoms. The van der Waals surface area contributed by atoms with Gasteiger partial charge in [-0.1, -0.05) is 26.8 Å². The molecule has 3 N–H and O–H groups in total. The van der Waals surface area contributed by atoms with Crippen molar-refractivity contribution in [1.29, 1.82) is 0 Å². The van der Waals surface area contributed by atoms with E-state index in [1.807, 2.05) is 6.07 Å². The molecule has 0 amide bonds. The molecule has 0 saturated heterocycles. The molecule has 4 nitrogen and oxygen atoms in total. The lowest BCUT2D eigenvalue weighted by Crippen LogP contribution is -2.36. The molecule has 0 saturated carbocycles. The smallest absolute Gasteiger partial charge is 0.161 e. The Bertz CT molecular complexity index is 412. The van der Waals surface area contributed by atoms with Crippen molar-refractivity contribution >= 4 is 0 Å². The average molecular weight is 267 g/mol. The maximum Gasteiger partial charge on any atom is 0.161 e. The van der Waals surface area contributed by atoms with Crippen LogP contribution < -0.4 is 15.2 Å². The maximum absolute atomic E-state index is 10.3. The molecule has 2 atom stereocenters. The number of hydrogen-bond acceptors (Lipinski definition) is 4. The van der Waals surface area contributed by atoms with E-state index in [0.29, 0.717) is 17.9 Å². The van der Waals surface area contributed by atoms with Crippen molar-refractivity contribution in [2.75, 3.05) is 14.2 Å². The minimum absolute atomic E-state index is 0.0302. The second-order valence-electron chi connectivity index (χ2n) is 5.84. The highest BCUT2D eigenvalue weighted by molar-refractivity contribution is 5.43. The molecule has 0 unspecified atom stereocenters. The van der Waals surface area contributed by atoms with Gasteiger partial charge in [-0.15, -0.1) is 0 Å². The highest BCUT2D eigenvalue weighted by atomic mass is 16.5. The summed E-state index contributed by atoms with van der Waals surface area (Å²) in [5, 5.41) is 10.3. The maximum atomic E-state index is 10.3. The van der Waals surface area contributed by atoms with Gasteiger partial charge in [0.2, 0.25) is 0 Å². The lowest BCUT2D eigenvalue weighted by Gasteiger charge is -2.29. The van der Waals surface area contributed by atoms with Gasteiger partial charge in [0.15, 0.2) is 11.5 Å². The van der Waals surface area contributed by atoms with E-state index in [-0.39, 0.29) is 11.5 Å². The number of hydrogen-bond donors (Lipinski definition) is 2. The van der Waals surface area contributed by atoms with Gasteiger partial charge in [0.1, 0.15) is 0 Å². The van der Waals surface area contributed by atoms with E-state index in [1.165, 1.54) is 0 Å². The molecule has 0 aliphatic heterocycles. The highest BCUT2D eigenvalue weighted by Gasteiger charge is 2.24. The monoisotopic (exact) mass is 267 g/mol. The molecule has 0 heterocycles. The van der Waals surface area contributed by atoms with Crippen LogP contribution in [0.3, 0.4) is 0 Å². The minimum atomic E-state index is -0.603. The number of ether oxygens (including phenoxy) is 2. The molecule has 0 aromatic heterocycles. The Labute approximate surface area is 115 Å². The summed E-state index contributed by atoms with van der Waals surface area (Å²) in [5.74, 6) is 1.27. The molecule has 1 aromatic rings. The van der Waals surface area contributed by atoms with Gasteiger partial charge in [-0.3, -0.25) is 0 Å². The van der Waals surface area contributed by atoms with Crippen molar-refractivity contribution in [3.63, 3.8) is 0 Å². The van der Waals surface area contributed by atoms with Crippen molar-refractivity contribution in [1.82, 2.24) is 0 Å². The Hall–Kier alpha value is -1.26. The fraction of sp³-hybridized carbons (Fsp3) is 0.600. The largest absolute Gasteiger partial charge is 0.493 e. The van der Waals surface area contributed by atoms with E-state index in [0.717, 1.165) is 5.56 Å². The Morgan fingerprint density at radius 1 is 1.16 bits per heavy atom. The average Bonchev–Trinajstić information content (AvgIpc) is 2.36. The highest BCUT2D eigenvalue weighted by Crippen LogP contribution is 2.32. The van der Waals surface area contributed by atoms with Gasteiger partial charge in [-0.2, -0.15) is 0 Å². The summed E-state index contributed by atoms with van der Waals surface area (Å²) in [6.07, 6.45) is -0.0899.